The Bertz CT molecular complexity index is 298. The molecule has 104 valence electrons. The van der Waals surface area contributed by atoms with Crippen LogP contribution in [0.4, 0.5) is 0 Å². The van der Waals surface area contributed by atoms with Crippen LogP contribution in [0.1, 0.15) is 44.9 Å². The predicted molar refractivity (Wildman–Crippen MR) is 83.1 cm³/mol. The Hall–Kier alpha value is -0.530. The van der Waals surface area contributed by atoms with Gasteiger partial charge in [-0.05, 0) is 25.7 Å². The van der Waals surface area contributed by atoms with E-state index < -0.39 is 0 Å². The first-order valence-corrected chi connectivity index (χ1v) is 6.60. The molecular weight excluding hydrogens is 343 g/mol. The fourth-order valence-corrected chi connectivity index (χ4v) is 2.16. The second-order valence-electron chi connectivity index (χ2n) is 5.02. The minimum atomic E-state index is -0.0269. The van der Waals surface area contributed by atoms with Gasteiger partial charge in [0.25, 0.3) is 0 Å². The quantitative estimate of drug-likeness (QED) is 0.396. The van der Waals surface area contributed by atoms with E-state index in [1.54, 1.807) is 0 Å². The number of amides is 1. The summed E-state index contributed by atoms with van der Waals surface area (Å²) in [6.45, 7) is 0.141. The molecule has 2 rings (SSSR count). The maximum Gasteiger partial charge on any atom is 0.242 e. The lowest BCUT2D eigenvalue weighted by atomic mass is 9.96. The number of nitrogens with zero attached hydrogens (tertiary/aromatic N) is 1. The zero-order chi connectivity index (χ0) is 12.1. The molecule has 1 amide bonds. The largest absolute Gasteiger partial charge is 0.370 e. The number of rotatable bonds is 4. The van der Waals surface area contributed by atoms with Gasteiger partial charge >= 0.3 is 0 Å². The summed E-state index contributed by atoms with van der Waals surface area (Å²) in [7, 11) is 0. The summed E-state index contributed by atoms with van der Waals surface area (Å²) in [5.74, 6) is 0.378. The van der Waals surface area contributed by atoms with Crippen LogP contribution in [0.15, 0.2) is 4.99 Å². The molecule has 0 spiro atoms. The second kappa shape index (κ2) is 7.81. The highest BCUT2D eigenvalue weighted by molar-refractivity contribution is 14.0. The number of nitrogens with one attached hydrogen (secondary N) is 2. The maximum absolute atomic E-state index is 11.4. The zero-order valence-electron chi connectivity index (χ0n) is 10.7. The van der Waals surface area contributed by atoms with Crippen LogP contribution in [-0.4, -0.2) is 30.5 Å². The first-order chi connectivity index (χ1) is 8.24. The van der Waals surface area contributed by atoms with E-state index in [0.29, 0.717) is 18.0 Å². The van der Waals surface area contributed by atoms with Gasteiger partial charge < -0.3 is 16.4 Å². The molecule has 4 N–H and O–H groups in total. The summed E-state index contributed by atoms with van der Waals surface area (Å²) in [6, 6.07) is 0.837. The Balaban J connectivity index is 0.00000162. The number of hydrogen-bond donors (Lipinski definition) is 3. The third kappa shape index (κ3) is 5.88. The van der Waals surface area contributed by atoms with Crippen molar-refractivity contribution in [3.05, 3.63) is 0 Å². The molecule has 0 aromatic heterocycles. The smallest absolute Gasteiger partial charge is 0.242 e. The molecule has 2 aliphatic carbocycles. The van der Waals surface area contributed by atoms with Gasteiger partial charge in [-0.25, -0.2) is 4.99 Å². The van der Waals surface area contributed by atoms with Crippen molar-refractivity contribution >= 4 is 35.8 Å². The molecule has 0 aliphatic heterocycles. The first kappa shape index (κ1) is 15.5. The van der Waals surface area contributed by atoms with Crippen molar-refractivity contribution in [2.75, 3.05) is 6.54 Å². The molecule has 0 bridgehead atoms. The van der Waals surface area contributed by atoms with Crippen molar-refractivity contribution < 1.29 is 4.79 Å². The fraction of sp³-hybridized carbons (Fsp3) is 0.833. The molecule has 0 aromatic rings. The van der Waals surface area contributed by atoms with Crippen molar-refractivity contribution in [3.63, 3.8) is 0 Å². The fourth-order valence-electron chi connectivity index (χ4n) is 2.16. The van der Waals surface area contributed by atoms with Crippen LogP contribution in [0, 0.1) is 0 Å². The number of halogens is 1. The Kier molecular flexibility index (Phi) is 6.73. The van der Waals surface area contributed by atoms with Crippen molar-refractivity contribution in [3.8, 4) is 0 Å². The summed E-state index contributed by atoms with van der Waals surface area (Å²) in [4.78, 5) is 15.5. The van der Waals surface area contributed by atoms with Crippen LogP contribution in [0.5, 0.6) is 0 Å². The van der Waals surface area contributed by atoms with Crippen LogP contribution < -0.4 is 16.4 Å². The lowest BCUT2D eigenvalue weighted by molar-refractivity contribution is -0.119. The summed E-state index contributed by atoms with van der Waals surface area (Å²) < 4.78 is 0. The molecule has 0 radical (unpaired) electrons. The van der Waals surface area contributed by atoms with Gasteiger partial charge in [0.2, 0.25) is 5.91 Å². The van der Waals surface area contributed by atoms with Gasteiger partial charge in [0, 0.05) is 12.1 Å². The van der Waals surface area contributed by atoms with E-state index in [0.717, 1.165) is 25.7 Å². The number of carbonyl (C=O) groups excluding carboxylic acids is 1. The van der Waals surface area contributed by atoms with E-state index in [2.05, 4.69) is 15.6 Å². The van der Waals surface area contributed by atoms with Crippen molar-refractivity contribution in [1.29, 1.82) is 0 Å². The van der Waals surface area contributed by atoms with Crippen LogP contribution in [0.25, 0.3) is 0 Å². The van der Waals surface area contributed by atoms with Crippen LogP contribution >= 0.6 is 24.0 Å². The van der Waals surface area contributed by atoms with E-state index >= 15 is 0 Å². The summed E-state index contributed by atoms with van der Waals surface area (Å²) in [5, 5.41) is 6.07. The van der Waals surface area contributed by atoms with Gasteiger partial charge in [0.1, 0.15) is 6.54 Å². The van der Waals surface area contributed by atoms with Crippen molar-refractivity contribution in [1.82, 2.24) is 10.6 Å². The van der Waals surface area contributed by atoms with Gasteiger partial charge in [-0.1, -0.05) is 19.3 Å². The molecule has 2 fully saturated rings. The third-order valence-corrected chi connectivity index (χ3v) is 3.29. The molecule has 18 heavy (non-hydrogen) atoms. The minimum absolute atomic E-state index is 0. The zero-order valence-corrected chi connectivity index (χ0v) is 13.0. The Morgan fingerprint density at radius 2 is 1.67 bits per heavy atom. The number of guanidine groups is 1. The molecule has 5 nitrogen and oxygen atoms in total. The van der Waals surface area contributed by atoms with Crippen LogP contribution in [-0.2, 0) is 4.79 Å². The summed E-state index contributed by atoms with van der Waals surface area (Å²) in [6.07, 6.45) is 8.35. The highest BCUT2D eigenvalue weighted by Gasteiger charge is 2.22. The molecule has 0 heterocycles. The van der Waals surface area contributed by atoms with E-state index in [1.807, 2.05) is 0 Å². The van der Waals surface area contributed by atoms with Crippen LogP contribution in [0.3, 0.4) is 0 Å². The molecule has 2 aliphatic rings. The number of nitrogens with two attached hydrogens (primary N) is 1. The van der Waals surface area contributed by atoms with E-state index in [1.165, 1.54) is 19.3 Å². The minimum Gasteiger partial charge on any atom is -0.370 e. The normalized spacial score (nSPS) is 21.0. The lowest BCUT2D eigenvalue weighted by Crippen LogP contribution is -2.41. The number of aliphatic imine (C=N–C) groups is 1. The van der Waals surface area contributed by atoms with Crippen LogP contribution in [0.2, 0.25) is 0 Å². The Morgan fingerprint density at radius 1 is 1.06 bits per heavy atom. The maximum atomic E-state index is 11.4. The second-order valence-corrected chi connectivity index (χ2v) is 5.02. The standard InChI is InChI=1S/C12H22N4O.HI/c13-12(16-9-4-2-1-3-5-9)14-8-11(17)15-10-6-7-10;/h9-10H,1-8H2,(H,15,17)(H3,13,14,16);1H. The van der Waals surface area contributed by atoms with Crippen molar-refractivity contribution in [2.45, 2.75) is 57.0 Å². The van der Waals surface area contributed by atoms with E-state index in [-0.39, 0.29) is 36.4 Å². The topological polar surface area (TPSA) is 79.5 Å². The van der Waals surface area contributed by atoms with E-state index in [4.69, 9.17) is 5.73 Å². The molecule has 0 saturated heterocycles. The third-order valence-electron chi connectivity index (χ3n) is 3.29. The van der Waals surface area contributed by atoms with Gasteiger partial charge in [0.15, 0.2) is 5.96 Å². The lowest BCUT2D eigenvalue weighted by Gasteiger charge is -2.23. The average Bonchev–Trinajstić information content (AvgIpc) is 3.12. The SMILES string of the molecule is I.NC(=NCC(=O)NC1CC1)NC1CCCCC1. The number of hydrogen-bond acceptors (Lipinski definition) is 2. The molecule has 0 aromatic carbocycles. The molecule has 0 unspecified atom stereocenters. The highest BCUT2D eigenvalue weighted by atomic mass is 127. The molecule has 6 heteroatoms. The van der Waals surface area contributed by atoms with Gasteiger partial charge in [0.05, 0.1) is 0 Å². The monoisotopic (exact) mass is 366 g/mol. The molecular formula is C12H23IN4O. The van der Waals surface area contributed by atoms with Gasteiger partial charge in [-0.15, -0.1) is 24.0 Å². The number of carbonyl (C=O) groups is 1. The predicted octanol–water partition coefficient (Wildman–Crippen LogP) is 1.12. The van der Waals surface area contributed by atoms with E-state index in [9.17, 15) is 4.79 Å². The highest BCUT2D eigenvalue weighted by Crippen LogP contribution is 2.18. The van der Waals surface area contributed by atoms with Gasteiger partial charge in [-0.2, -0.15) is 0 Å². The molecule has 2 saturated carbocycles. The summed E-state index contributed by atoms with van der Waals surface area (Å²) in [5.41, 5.74) is 5.76. The molecule has 0 atom stereocenters. The van der Waals surface area contributed by atoms with Gasteiger partial charge in [-0.3, -0.25) is 4.79 Å². The van der Waals surface area contributed by atoms with Crippen molar-refractivity contribution in [2.24, 2.45) is 10.7 Å². The average molecular weight is 366 g/mol. The Labute approximate surface area is 125 Å². The summed E-state index contributed by atoms with van der Waals surface area (Å²) >= 11 is 0. The first-order valence-electron chi connectivity index (χ1n) is 6.60. The Morgan fingerprint density at radius 3 is 2.28 bits per heavy atom.